The zero-order valence-electron chi connectivity index (χ0n) is 10.8. The third-order valence-corrected chi connectivity index (χ3v) is 2.61. The van der Waals surface area contributed by atoms with Gasteiger partial charge in [0.2, 0.25) is 0 Å². The first-order chi connectivity index (χ1) is 8.88. The quantitative estimate of drug-likeness (QED) is 0.839. The smallest absolute Gasteiger partial charge is 0.416 e. The molecule has 1 aromatic carbocycles. The van der Waals surface area contributed by atoms with E-state index >= 15 is 0 Å². The molecule has 0 saturated carbocycles. The Morgan fingerprint density at radius 1 is 1.42 bits per heavy atom. The minimum Gasteiger partial charge on any atom is -0.465 e. The normalized spacial score (nSPS) is 13.1. The highest BCUT2D eigenvalue weighted by Crippen LogP contribution is 2.29. The Labute approximate surface area is 109 Å². The van der Waals surface area contributed by atoms with Crippen molar-refractivity contribution in [3.63, 3.8) is 0 Å². The Morgan fingerprint density at radius 2 is 2.11 bits per heavy atom. The predicted octanol–water partition coefficient (Wildman–Crippen LogP) is 2.40. The maximum atomic E-state index is 12.6. The summed E-state index contributed by atoms with van der Waals surface area (Å²) < 4.78 is 42.5. The van der Waals surface area contributed by atoms with Crippen LogP contribution in [0.3, 0.4) is 0 Å². The highest BCUT2D eigenvalue weighted by atomic mass is 19.4. The molecule has 0 spiro atoms. The second-order valence-electron chi connectivity index (χ2n) is 4.00. The van der Waals surface area contributed by atoms with Gasteiger partial charge in [0.1, 0.15) is 6.04 Å². The van der Waals surface area contributed by atoms with E-state index in [-0.39, 0.29) is 13.0 Å². The van der Waals surface area contributed by atoms with E-state index in [4.69, 9.17) is 4.74 Å². The molecule has 0 heterocycles. The van der Waals surface area contributed by atoms with Crippen molar-refractivity contribution in [1.29, 1.82) is 0 Å². The average molecular weight is 275 g/mol. The second kappa shape index (κ2) is 6.56. The lowest BCUT2D eigenvalue weighted by molar-refractivity contribution is -0.145. The molecule has 1 N–H and O–H groups in total. The van der Waals surface area contributed by atoms with Gasteiger partial charge in [-0.2, -0.15) is 13.2 Å². The number of alkyl halides is 3. The number of benzene rings is 1. The van der Waals surface area contributed by atoms with Crippen LogP contribution in [0.4, 0.5) is 13.2 Å². The Bertz CT molecular complexity index is 432. The molecule has 0 aliphatic rings. The molecule has 0 aromatic heterocycles. The van der Waals surface area contributed by atoms with E-state index in [0.717, 1.165) is 12.1 Å². The number of likely N-dealkylation sites (N-methyl/N-ethyl adjacent to an activating group) is 1. The van der Waals surface area contributed by atoms with Gasteiger partial charge in [-0.15, -0.1) is 0 Å². The summed E-state index contributed by atoms with van der Waals surface area (Å²) >= 11 is 0. The summed E-state index contributed by atoms with van der Waals surface area (Å²) in [5.41, 5.74) is -0.286. The molecular weight excluding hydrogens is 259 g/mol. The first-order valence-corrected chi connectivity index (χ1v) is 5.88. The molecule has 0 bridgehead atoms. The van der Waals surface area contributed by atoms with E-state index in [2.05, 4.69) is 5.32 Å². The van der Waals surface area contributed by atoms with Crippen molar-refractivity contribution >= 4 is 5.97 Å². The molecule has 19 heavy (non-hydrogen) atoms. The van der Waals surface area contributed by atoms with Crippen molar-refractivity contribution in [2.24, 2.45) is 0 Å². The predicted molar refractivity (Wildman–Crippen MR) is 64.6 cm³/mol. The number of hydrogen-bond acceptors (Lipinski definition) is 3. The number of carbonyl (C=O) groups excluding carboxylic acids is 1. The monoisotopic (exact) mass is 275 g/mol. The first-order valence-electron chi connectivity index (χ1n) is 5.88. The molecule has 0 fully saturated rings. The van der Waals surface area contributed by atoms with Crippen molar-refractivity contribution in [2.45, 2.75) is 25.6 Å². The van der Waals surface area contributed by atoms with Crippen LogP contribution >= 0.6 is 0 Å². The fourth-order valence-corrected chi connectivity index (χ4v) is 1.66. The maximum absolute atomic E-state index is 12.6. The molecular formula is C13H16F3NO2. The molecule has 1 rings (SSSR count). The van der Waals surface area contributed by atoms with Gasteiger partial charge in [-0.25, -0.2) is 0 Å². The zero-order chi connectivity index (χ0) is 14.5. The fourth-order valence-electron chi connectivity index (χ4n) is 1.66. The lowest BCUT2D eigenvalue weighted by atomic mass is 10.0. The van der Waals surface area contributed by atoms with Crippen molar-refractivity contribution < 1.29 is 22.7 Å². The molecule has 6 heteroatoms. The van der Waals surface area contributed by atoms with Crippen molar-refractivity contribution in [1.82, 2.24) is 5.32 Å². The molecule has 0 radical (unpaired) electrons. The third-order valence-electron chi connectivity index (χ3n) is 2.61. The number of ether oxygens (including phenoxy) is 1. The van der Waals surface area contributed by atoms with Gasteiger partial charge in [0.25, 0.3) is 0 Å². The number of esters is 1. The molecule has 0 unspecified atom stereocenters. The van der Waals surface area contributed by atoms with Crippen molar-refractivity contribution in [3.8, 4) is 0 Å². The minimum absolute atomic E-state index is 0.152. The van der Waals surface area contributed by atoms with E-state index in [9.17, 15) is 18.0 Å². The van der Waals surface area contributed by atoms with Gasteiger partial charge in [0, 0.05) is 0 Å². The van der Waals surface area contributed by atoms with Crippen LogP contribution in [0.1, 0.15) is 18.1 Å². The Balaban J connectivity index is 2.83. The van der Waals surface area contributed by atoms with Crippen molar-refractivity contribution in [2.75, 3.05) is 13.7 Å². The minimum atomic E-state index is -4.38. The van der Waals surface area contributed by atoms with Crippen LogP contribution in [0.5, 0.6) is 0 Å². The molecule has 3 nitrogen and oxygen atoms in total. The van der Waals surface area contributed by atoms with Gasteiger partial charge in [0.05, 0.1) is 12.2 Å². The van der Waals surface area contributed by atoms with E-state index in [1.54, 1.807) is 20.0 Å². The first kappa shape index (κ1) is 15.5. The van der Waals surface area contributed by atoms with E-state index in [1.807, 2.05) is 0 Å². The van der Waals surface area contributed by atoms with Crippen LogP contribution in [-0.2, 0) is 22.1 Å². The molecule has 0 aliphatic heterocycles. The van der Waals surface area contributed by atoms with E-state index in [0.29, 0.717) is 5.56 Å². The fraction of sp³-hybridized carbons (Fsp3) is 0.462. The second-order valence-corrected chi connectivity index (χ2v) is 4.00. The Kier molecular flexibility index (Phi) is 5.35. The standard InChI is InChI=1S/C13H16F3NO2/c1-3-19-12(18)11(17-2)8-9-5-4-6-10(7-9)13(14,15)16/h4-7,11,17H,3,8H2,1-2H3/t11-/m0/s1. The van der Waals surface area contributed by atoms with E-state index < -0.39 is 23.8 Å². The van der Waals surface area contributed by atoms with Crippen molar-refractivity contribution in [3.05, 3.63) is 35.4 Å². The highest BCUT2D eigenvalue weighted by Gasteiger charge is 2.30. The summed E-state index contributed by atoms with van der Waals surface area (Å²) in [6.45, 7) is 1.91. The third kappa shape index (κ3) is 4.55. The lowest BCUT2D eigenvalue weighted by Crippen LogP contribution is -2.37. The van der Waals surface area contributed by atoms with Gasteiger partial charge in [-0.1, -0.05) is 18.2 Å². The van der Waals surface area contributed by atoms with Crippen LogP contribution in [0.15, 0.2) is 24.3 Å². The van der Waals surface area contributed by atoms with Crippen LogP contribution in [0.25, 0.3) is 0 Å². The molecule has 1 atom stereocenters. The zero-order valence-corrected chi connectivity index (χ0v) is 10.8. The number of nitrogens with one attached hydrogen (secondary N) is 1. The number of hydrogen-bond donors (Lipinski definition) is 1. The van der Waals surface area contributed by atoms with Gasteiger partial charge >= 0.3 is 12.1 Å². The largest absolute Gasteiger partial charge is 0.465 e. The Morgan fingerprint density at radius 3 is 2.63 bits per heavy atom. The number of rotatable bonds is 5. The van der Waals surface area contributed by atoms with Crippen LogP contribution in [-0.4, -0.2) is 25.7 Å². The topological polar surface area (TPSA) is 38.3 Å². The van der Waals surface area contributed by atoms with Crippen LogP contribution < -0.4 is 5.32 Å². The average Bonchev–Trinajstić information content (AvgIpc) is 2.35. The summed E-state index contributed by atoms with van der Waals surface area (Å²) in [4.78, 5) is 11.6. The summed E-state index contributed by atoms with van der Waals surface area (Å²) in [6.07, 6.45) is -4.23. The maximum Gasteiger partial charge on any atom is 0.416 e. The Hall–Kier alpha value is -1.56. The SMILES string of the molecule is CCOC(=O)[C@H](Cc1cccc(C(F)(F)F)c1)NC. The molecule has 0 aliphatic carbocycles. The van der Waals surface area contributed by atoms with Gasteiger partial charge in [-0.05, 0) is 32.0 Å². The van der Waals surface area contributed by atoms with Crippen LogP contribution in [0.2, 0.25) is 0 Å². The summed E-state index contributed by atoms with van der Waals surface area (Å²) in [7, 11) is 1.56. The lowest BCUT2D eigenvalue weighted by Gasteiger charge is -2.15. The highest BCUT2D eigenvalue weighted by molar-refractivity contribution is 5.76. The number of halogens is 3. The molecule has 0 amide bonds. The molecule has 106 valence electrons. The van der Waals surface area contributed by atoms with Gasteiger partial charge in [0.15, 0.2) is 0 Å². The molecule has 1 aromatic rings. The van der Waals surface area contributed by atoms with E-state index in [1.165, 1.54) is 6.07 Å². The molecule has 0 saturated heterocycles. The summed E-state index contributed by atoms with van der Waals surface area (Å²) in [5.74, 6) is -0.470. The van der Waals surface area contributed by atoms with Gasteiger partial charge in [-0.3, -0.25) is 4.79 Å². The summed E-state index contributed by atoms with van der Waals surface area (Å²) in [5, 5.41) is 2.74. The summed E-state index contributed by atoms with van der Waals surface area (Å²) in [6, 6.07) is 4.28. The van der Waals surface area contributed by atoms with Crippen LogP contribution in [0, 0.1) is 0 Å². The van der Waals surface area contributed by atoms with Gasteiger partial charge < -0.3 is 10.1 Å². The number of carbonyl (C=O) groups is 1.